The van der Waals surface area contributed by atoms with Crippen molar-refractivity contribution in [1.82, 2.24) is 31.9 Å². The quantitative estimate of drug-likeness (QED) is 0.0409. The number of ketones is 4. The number of hydrogen-bond donors (Lipinski definition) is 6. The second-order valence-corrected chi connectivity index (χ2v) is 23.9. The molecule has 9 radical (unpaired) electrons. The summed E-state index contributed by atoms with van der Waals surface area (Å²) in [6.45, 7) is 11.2. The molecule has 0 aliphatic rings. The van der Waals surface area contributed by atoms with Gasteiger partial charge in [0, 0.05) is 107 Å². The third-order valence-corrected chi connectivity index (χ3v) is 14.8. The summed E-state index contributed by atoms with van der Waals surface area (Å²) >= 11 is 0.718. The summed E-state index contributed by atoms with van der Waals surface area (Å²) < 4.78 is 0. The van der Waals surface area contributed by atoms with E-state index in [1.165, 1.54) is 0 Å². The summed E-state index contributed by atoms with van der Waals surface area (Å²) in [5.41, 5.74) is 1.39. The molecule has 2 rings (SSSR count). The van der Waals surface area contributed by atoms with Crippen molar-refractivity contribution in [2.45, 2.75) is 149 Å². The molecule has 2 aromatic rings. The lowest BCUT2D eigenvalue weighted by Crippen LogP contribution is -2.51. The maximum Gasteiger partial charge on any atom is 0.242 e. The fourth-order valence-electron chi connectivity index (χ4n) is 8.50. The molecule has 0 aromatic heterocycles. The minimum absolute atomic E-state index is 0.0173. The molecule has 429 valence electrons. The summed E-state index contributed by atoms with van der Waals surface area (Å²) in [6, 6.07) is 14.5. The number of carbonyl (C=O) groups excluding carboxylic acids is 12. The van der Waals surface area contributed by atoms with Gasteiger partial charge in [-0.15, -0.1) is 0 Å². The number of hydrogen-bond acceptors (Lipinski definition) is 13. The number of Topliss-reactive ketones (excluding diaryl/α,β-unsaturated/α-hetero) is 4. The Bertz CT molecular complexity index is 2460. The number of carbonyl (C=O) groups is 12. The van der Waals surface area contributed by atoms with Crippen LogP contribution in [0.4, 0.5) is 0 Å². The molecule has 18 nitrogen and oxygen atoms in total. The Balaban J connectivity index is 2.23. The molecule has 6 unspecified atom stereocenters. The topological polar surface area (TPSA) is 277 Å². The summed E-state index contributed by atoms with van der Waals surface area (Å²) in [5, 5.41) is 15.2. The van der Waals surface area contributed by atoms with E-state index in [1.54, 1.807) is 81.4 Å². The Kier molecular flexibility index (Phi) is 35.4. The standard InChI is InChI=1S/C54H76B8N6O12PS/c1-7-14-47(73)64-33-49(75)66-42(19-22-48(74)63-31-40(69)29-38(27-36-15-10-8-11-16-36)52(78)67-43(25-34(2)3)45(71)20-23-50(76)81-59-6)54(80)65-32-41(70)30-39(28-37-17-12-9-13-18-37)53(79)68-44(26-35(4)5)46(72)21-24-51(77)82-62(58)61(57)60(55)56/h8-13,15-18,34-35,38-39,42-44,81H,7,14,19-33H2,1-6H3,(H,63,74)(H,64,73)(H,65,80)(H,66,75)(H,67,78)(H,68,79). The van der Waals surface area contributed by atoms with Crippen LogP contribution in [0.15, 0.2) is 60.7 Å². The van der Waals surface area contributed by atoms with E-state index < -0.39 is 132 Å². The lowest BCUT2D eigenvalue weighted by Gasteiger charge is -2.24. The molecule has 0 aliphatic carbocycles. The minimum atomic E-state index is -1.42. The molecule has 0 heterocycles. The highest BCUT2D eigenvalue weighted by Gasteiger charge is 2.32. The largest absolute Gasteiger partial charge is 0.349 e. The van der Waals surface area contributed by atoms with Crippen LogP contribution in [0.2, 0.25) is 6.82 Å². The molecule has 2 aromatic carbocycles. The van der Waals surface area contributed by atoms with E-state index in [-0.39, 0.29) is 102 Å². The average Bonchev–Trinajstić information content (AvgIpc) is 3.42. The van der Waals surface area contributed by atoms with Crippen LogP contribution in [-0.4, -0.2) is 163 Å². The van der Waals surface area contributed by atoms with Crippen LogP contribution in [0, 0.1) is 23.7 Å². The van der Waals surface area contributed by atoms with E-state index in [1.807, 2.05) is 27.7 Å². The molecule has 0 bridgehead atoms. The van der Waals surface area contributed by atoms with Gasteiger partial charge in [-0.3, -0.25) is 57.5 Å². The zero-order chi connectivity index (χ0) is 61.3. The number of benzene rings is 2. The molecule has 6 amide bonds. The Morgan fingerprint density at radius 3 is 1.48 bits per heavy atom. The predicted octanol–water partition coefficient (Wildman–Crippen LogP) is 1.73. The van der Waals surface area contributed by atoms with Gasteiger partial charge in [0.1, 0.15) is 24.3 Å². The predicted molar refractivity (Wildman–Crippen MR) is 331 cm³/mol. The molecular weight excluding hydrogens is 1070 g/mol. The summed E-state index contributed by atoms with van der Waals surface area (Å²) in [4.78, 5) is 159. The Morgan fingerprint density at radius 1 is 0.549 bits per heavy atom. The van der Waals surface area contributed by atoms with E-state index in [0.29, 0.717) is 18.4 Å². The van der Waals surface area contributed by atoms with E-state index >= 15 is 0 Å². The third kappa shape index (κ3) is 30.8. The first-order valence-corrected chi connectivity index (χ1v) is 29.9. The Morgan fingerprint density at radius 2 is 1.01 bits per heavy atom. The smallest absolute Gasteiger partial charge is 0.242 e. The van der Waals surface area contributed by atoms with Gasteiger partial charge < -0.3 is 31.9 Å². The van der Waals surface area contributed by atoms with Crippen molar-refractivity contribution in [3.05, 3.63) is 71.8 Å². The monoisotopic (exact) mass is 1150 g/mol. The van der Waals surface area contributed by atoms with Crippen LogP contribution in [-0.2, 0) is 70.4 Å². The van der Waals surface area contributed by atoms with E-state index in [2.05, 4.69) is 31.9 Å². The van der Waals surface area contributed by atoms with Crippen LogP contribution in [0.3, 0.4) is 0 Å². The fraction of sp³-hybridized carbons (Fsp3) is 0.556. The maximum atomic E-state index is 14.1. The van der Waals surface area contributed by atoms with Crippen molar-refractivity contribution < 1.29 is 57.5 Å². The number of rotatable bonds is 42. The summed E-state index contributed by atoms with van der Waals surface area (Å²) in [6.07, 6.45) is -2.25. The van der Waals surface area contributed by atoms with E-state index in [9.17, 15) is 57.5 Å². The van der Waals surface area contributed by atoms with Gasteiger partial charge in [-0.25, -0.2) is 0 Å². The van der Waals surface area contributed by atoms with Crippen molar-refractivity contribution in [3.8, 4) is 0 Å². The van der Waals surface area contributed by atoms with Crippen molar-refractivity contribution >= 4 is 146 Å². The number of amides is 6. The van der Waals surface area contributed by atoms with Gasteiger partial charge in [0.25, 0.3) is 0 Å². The van der Waals surface area contributed by atoms with Gasteiger partial charge in [-0.05, 0) is 61.5 Å². The van der Waals surface area contributed by atoms with Crippen LogP contribution < -0.4 is 31.9 Å². The first-order chi connectivity index (χ1) is 38.8. The van der Waals surface area contributed by atoms with Crippen LogP contribution in [0.5, 0.6) is 0 Å². The first kappa shape index (κ1) is 72.7. The molecule has 28 heteroatoms. The van der Waals surface area contributed by atoms with E-state index in [4.69, 9.17) is 30.9 Å². The van der Waals surface area contributed by atoms with Crippen molar-refractivity contribution in [1.29, 1.82) is 0 Å². The van der Waals surface area contributed by atoms with Crippen LogP contribution >= 0.6 is 20.1 Å². The third-order valence-electron chi connectivity index (χ3n) is 12.9. The van der Waals surface area contributed by atoms with Crippen LogP contribution in [0.25, 0.3) is 0 Å². The summed E-state index contributed by atoms with van der Waals surface area (Å²) in [5.74, 6) is -8.59. The maximum absolute atomic E-state index is 14.1. The van der Waals surface area contributed by atoms with Gasteiger partial charge in [0.15, 0.2) is 28.2 Å². The summed E-state index contributed by atoms with van der Waals surface area (Å²) in [7, 11) is 23.0. The zero-order valence-electron chi connectivity index (χ0n) is 48.3. The number of nitrogens with one attached hydrogen (secondary N) is 6. The highest BCUT2D eigenvalue weighted by Crippen LogP contribution is 2.20. The van der Waals surface area contributed by atoms with Gasteiger partial charge in [-0.1, -0.05) is 111 Å². The van der Waals surface area contributed by atoms with Gasteiger partial charge in [0.05, 0.1) is 31.7 Å². The lowest BCUT2D eigenvalue weighted by molar-refractivity contribution is -0.133. The van der Waals surface area contributed by atoms with Gasteiger partial charge in [-0.2, -0.15) is 11.6 Å². The van der Waals surface area contributed by atoms with Crippen molar-refractivity contribution in [2.75, 3.05) is 19.6 Å². The zero-order valence-corrected chi connectivity index (χ0v) is 50.1. The Labute approximate surface area is 497 Å². The molecule has 6 atom stereocenters. The SMILES string of the molecule is [B]B([B])B([B])B([B])SC(=O)CCC(=O)C(CC(C)C)NC(=O)C(CC(=O)CNC(=O)C(CCC(=O)NCC(=O)CC(Cc1ccccc1)C(=O)NC(CC(C)C)C(=O)CCC(=O)P[B]C)NC(=O)CNC(=O)CCC)Cc1ccccc1. The molecule has 0 fully saturated rings. The van der Waals surface area contributed by atoms with Gasteiger partial charge in [0.2, 0.25) is 35.4 Å². The normalized spacial score (nSPS) is 12.9. The molecule has 0 saturated carbocycles. The molecule has 0 spiro atoms. The average molecular weight is 1150 g/mol. The highest BCUT2D eigenvalue weighted by atomic mass is 32.2. The fourth-order valence-corrected chi connectivity index (χ4v) is 9.95. The van der Waals surface area contributed by atoms with Crippen LogP contribution in [0.1, 0.15) is 123 Å². The molecular formula is C54H76B8N6O12PS. The van der Waals surface area contributed by atoms with Gasteiger partial charge >= 0.3 is 0 Å². The minimum Gasteiger partial charge on any atom is -0.349 e. The molecule has 6 N–H and O–H groups in total. The Hall–Kier alpha value is -5.42. The van der Waals surface area contributed by atoms with Crippen molar-refractivity contribution in [3.63, 3.8) is 0 Å². The van der Waals surface area contributed by atoms with Crippen molar-refractivity contribution in [2.24, 2.45) is 23.7 Å². The highest BCUT2D eigenvalue weighted by molar-refractivity contribution is 8.46. The first-order valence-electron chi connectivity index (χ1n) is 28.0. The molecule has 0 aliphatic heterocycles. The lowest BCUT2D eigenvalue weighted by atomic mass is 8.75. The second-order valence-electron chi connectivity index (χ2n) is 21.2. The second kappa shape index (κ2) is 40.0. The van der Waals surface area contributed by atoms with E-state index in [0.717, 1.165) is 17.2 Å². The molecule has 0 saturated heterocycles. The molecule has 82 heavy (non-hydrogen) atoms.